The summed E-state index contributed by atoms with van der Waals surface area (Å²) in [7, 11) is 0. The summed E-state index contributed by atoms with van der Waals surface area (Å²) in [6.07, 6.45) is 6.48. The van der Waals surface area contributed by atoms with Gasteiger partial charge in [0.25, 0.3) is 5.78 Å². The zero-order valence-corrected chi connectivity index (χ0v) is 17.3. The van der Waals surface area contributed by atoms with E-state index in [1.54, 1.807) is 23.1 Å². The van der Waals surface area contributed by atoms with Crippen LogP contribution >= 0.6 is 0 Å². The van der Waals surface area contributed by atoms with E-state index >= 15 is 0 Å². The van der Waals surface area contributed by atoms with Gasteiger partial charge in [-0.1, -0.05) is 13.8 Å². The first-order valence-electron chi connectivity index (χ1n) is 10.2. The SMILES string of the molecule is Cc1c(-c2ccnc(N3CC(C)CC(C)C3)n2)nnc2nc(-c3cccnc3)nn12. The smallest absolute Gasteiger partial charge is 0.272 e. The zero-order chi connectivity index (χ0) is 20.7. The summed E-state index contributed by atoms with van der Waals surface area (Å²) in [6, 6.07) is 5.64. The number of hydrogen-bond donors (Lipinski definition) is 0. The minimum absolute atomic E-state index is 0.447. The van der Waals surface area contributed by atoms with Gasteiger partial charge in [0.1, 0.15) is 5.69 Å². The predicted molar refractivity (Wildman–Crippen MR) is 113 cm³/mol. The van der Waals surface area contributed by atoms with Gasteiger partial charge in [0.2, 0.25) is 5.95 Å². The molecule has 0 bridgehead atoms. The highest BCUT2D eigenvalue weighted by molar-refractivity contribution is 5.60. The topological polar surface area (TPSA) is 97.9 Å². The van der Waals surface area contributed by atoms with Crippen molar-refractivity contribution in [1.29, 1.82) is 0 Å². The summed E-state index contributed by atoms with van der Waals surface area (Å²) in [5.41, 5.74) is 3.07. The number of aromatic nitrogens is 8. The van der Waals surface area contributed by atoms with Gasteiger partial charge in [-0.2, -0.15) is 9.50 Å². The lowest BCUT2D eigenvalue weighted by molar-refractivity contribution is 0.353. The molecule has 0 aromatic carbocycles. The van der Waals surface area contributed by atoms with Crippen molar-refractivity contribution in [2.45, 2.75) is 27.2 Å². The number of piperidine rings is 1. The molecule has 0 aliphatic carbocycles. The summed E-state index contributed by atoms with van der Waals surface area (Å²) in [5.74, 6) is 3.00. The van der Waals surface area contributed by atoms with E-state index in [-0.39, 0.29) is 0 Å². The van der Waals surface area contributed by atoms with Crippen LogP contribution in [0.25, 0.3) is 28.6 Å². The van der Waals surface area contributed by atoms with E-state index in [2.05, 4.69) is 49.0 Å². The van der Waals surface area contributed by atoms with E-state index in [4.69, 9.17) is 4.98 Å². The van der Waals surface area contributed by atoms with E-state index in [9.17, 15) is 0 Å². The minimum atomic E-state index is 0.447. The number of nitrogens with zero attached hydrogens (tertiary/aromatic N) is 9. The maximum absolute atomic E-state index is 4.81. The van der Waals surface area contributed by atoms with Crippen LogP contribution in [-0.4, -0.2) is 52.8 Å². The fraction of sp³-hybridized carbons (Fsp3) is 0.381. The highest BCUT2D eigenvalue weighted by atomic mass is 15.4. The summed E-state index contributed by atoms with van der Waals surface area (Å²) >= 11 is 0. The van der Waals surface area contributed by atoms with Crippen LogP contribution in [0, 0.1) is 18.8 Å². The fourth-order valence-electron chi connectivity index (χ4n) is 4.17. The van der Waals surface area contributed by atoms with Gasteiger partial charge in [0.15, 0.2) is 5.82 Å². The molecule has 0 saturated carbocycles. The lowest BCUT2D eigenvalue weighted by Crippen LogP contribution is -2.39. The van der Waals surface area contributed by atoms with Gasteiger partial charge in [0.05, 0.1) is 11.4 Å². The third-order valence-electron chi connectivity index (χ3n) is 5.45. The Morgan fingerprint density at radius 1 is 1.00 bits per heavy atom. The highest BCUT2D eigenvalue weighted by Gasteiger charge is 2.24. The van der Waals surface area contributed by atoms with Crippen LogP contribution in [0.4, 0.5) is 5.95 Å². The van der Waals surface area contributed by atoms with E-state index in [0.29, 0.717) is 29.1 Å². The van der Waals surface area contributed by atoms with Gasteiger partial charge < -0.3 is 4.90 Å². The molecule has 4 aromatic rings. The lowest BCUT2D eigenvalue weighted by Gasteiger charge is -2.35. The molecule has 30 heavy (non-hydrogen) atoms. The zero-order valence-electron chi connectivity index (χ0n) is 17.3. The summed E-state index contributed by atoms with van der Waals surface area (Å²) < 4.78 is 1.71. The van der Waals surface area contributed by atoms with Crippen molar-refractivity contribution in [2.75, 3.05) is 18.0 Å². The number of aryl methyl sites for hydroxylation is 1. The van der Waals surface area contributed by atoms with Gasteiger partial charge in [-0.25, -0.2) is 9.97 Å². The normalized spacial score (nSPS) is 19.4. The molecule has 5 rings (SSSR count). The van der Waals surface area contributed by atoms with Crippen LogP contribution in [-0.2, 0) is 0 Å². The molecule has 0 spiro atoms. The largest absolute Gasteiger partial charge is 0.340 e. The Kier molecular flexibility index (Phi) is 4.57. The van der Waals surface area contributed by atoms with Crippen molar-refractivity contribution >= 4 is 11.7 Å². The Labute approximate surface area is 174 Å². The molecule has 1 fully saturated rings. The van der Waals surface area contributed by atoms with Crippen molar-refractivity contribution < 1.29 is 0 Å². The number of hydrogen-bond acceptors (Lipinski definition) is 8. The Bertz CT molecular complexity index is 1180. The average molecular weight is 401 g/mol. The molecule has 5 heterocycles. The monoisotopic (exact) mass is 401 g/mol. The molecule has 152 valence electrons. The second-order valence-electron chi connectivity index (χ2n) is 8.12. The van der Waals surface area contributed by atoms with Gasteiger partial charge in [-0.15, -0.1) is 15.3 Å². The molecule has 0 amide bonds. The summed E-state index contributed by atoms with van der Waals surface area (Å²) in [4.78, 5) is 20.2. The van der Waals surface area contributed by atoms with Gasteiger partial charge >= 0.3 is 0 Å². The number of anilines is 1. The Hall–Kier alpha value is -3.49. The quantitative estimate of drug-likeness (QED) is 0.517. The maximum Gasteiger partial charge on any atom is 0.272 e. The first-order valence-corrected chi connectivity index (χ1v) is 10.2. The predicted octanol–water partition coefficient (Wildman–Crippen LogP) is 2.83. The van der Waals surface area contributed by atoms with Crippen LogP contribution in [0.2, 0.25) is 0 Å². The van der Waals surface area contributed by atoms with Crippen molar-refractivity contribution in [3.05, 3.63) is 42.5 Å². The molecule has 1 aliphatic rings. The summed E-state index contributed by atoms with van der Waals surface area (Å²) in [5, 5.41) is 13.3. The fourth-order valence-corrected chi connectivity index (χ4v) is 4.17. The number of fused-ring (bicyclic) bond motifs is 1. The Balaban J connectivity index is 1.53. The second kappa shape index (κ2) is 7.40. The maximum atomic E-state index is 4.81. The minimum Gasteiger partial charge on any atom is -0.340 e. The van der Waals surface area contributed by atoms with Crippen LogP contribution < -0.4 is 4.90 Å². The molecule has 9 heteroatoms. The van der Waals surface area contributed by atoms with Crippen LogP contribution in [0.5, 0.6) is 0 Å². The molecule has 1 aliphatic heterocycles. The number of rotatable bonds is 3. The van der Waals surface area contributed by atoms with E-state index in [0.717, 1.165) is 36.0 Å². The second-order valence-corrected chi connectivity index (χ2v) is 8.12. The van der Waals surface area contributed by atoms with Crippen LogP contribution in [0.15, 0.2) is 36.8 Å². The van der Waals surface area contributed by atoms with Crippen molar-refractivity contribution in [3.8, 4) is 22.8 Å². The Morgan fingerprint density at radius 2 is 1.83 bits per heavy atom. The van der Waals surface area contributed by atoms with Gasteiger partial charge in [-0.3, -0.25) is 4.98 Å². The average Bonchev–Trinajstić information content (AvgIpc) is 3.19. The summed E-state index contributed by atoms with van der Waals surface area (Å²) in [6.45, 7) is 8.44. The standard InChI is InChI=1S/C21H23N9/c1-13-9-14(2)12-29(11-13)20-23-8-6-17(24-20)18-15(3)30-21(27-26-18)25-19(28-30)16-5-4-7-22-10-16/h4-8,10,13-14H,9,11-12H2,1-3H3. The molecule has 1 saturated heterocycles. The lowest BCUT2D eigenvalue weighted by atomic mass is 9.92. The molecule has 0 N–H and O–H groups in total. The van der Waals surface area contributed by atoms with Crippen LogP contribution in [0.3, 0.4) is 0 Å². The molecular formula is C21H23N9. The molecule has 2 unspecified atom stereocenters. The van der Waals surface area contributed by atoms with Crippen molar-refractivity contribution in [2.24, 2.45) is 11.8 Å². The van der Waals surface area contributed by atoms with E-state index in [1.165, 1.54) is 6.42 Å². The van der Waals surface area contributed by atoms with Crippen molar-refractivity contribution in [1.82, 2.24) is 39.7 Å². The van der Waals surface area contributed by atoms with Crippen molar-refractivity contribution in [3.63, 3.8) is 0 Å². The molecule has 4 aromatic heterocycles. The van der Waals surface area contributed by atoms with Gasteiger partial charge in [-0.05, 0) is 43.4 Å². The molecule has 2 atom stereocenters. The highest BCUT2D eigenvalue weighted by Crippen LogP contribution is 2.26. The van der Waals surface area contributed by atoms with Crippen LogP contribution in [0.1, 0.15) is 26.0 Å². The first-order chi connectivity index (χ1) is 14.6. The Morgan fingerprint density at radius 3 is 2.60 bits per heavy atom. The molecule has 0 radical (unpaired) electrons. The van der Waals surface area contributed by atoms with E-state index < -0.39 is 0 Å². The van der Waals surface area contributed by atoms with E-state index in [1.807, 2.05) is 25.1 Å². The molecular weight excluding hydrogens is 378 g/mol. The molecule has 9 nitrogen and oxygen atoms in total. The first kappa shape index (κ1) is 18.5. The third kappa shape index (κ3) is 3.36. The third-order valence-corrected chi connectivity index (χ3v) is 5.45. The van der Waals surface area contributed by atoms with Gasteiger partial charge in [0, 0.05) is 37.2 Å². The number of pyridine rings is 1.